The molecule has 10 atom stereocenters. The molecule has 0 radical (unpaired) electrons. The maximum atomic E-state index is 11.6. The number of carboxylic acid groups (broad SMARTS) is 1. The molecule has 19 nitrogen and oxygen atoms in total. The number of carbonyl (C=O) groups excluding carboxylic acids is 1. The molecular formula is C14H23NO18S2. The molecule has 0 bridgehead atoms. The maximum absolute atomic E-state index is 11.6. The SMILES string of the molecule is CC(=O)N[C@H]1C(O)O[C@H](CO)[C@H](OS(=O)(=O)O)[C@@H]1O[C@@H]1O[C@@H](C(=O)O)[C@@H](O)[C@H](O)[C@H]1OS(=O)(=O)O. The van der Waals surface area contributed by atoms with Gasteiger partial charge in [0.1, 0.15) is 36.6 Å². The van der Waals surface area contributed by atoms with Crippen molar-refractivity contribution in [2.45, 2.75) is 68.3 Å². The first kappa shape index (κ1) is 29.6. The Morgan fingerprint density at radius 2 is 1.46 bits per heavy atom. The number of carboxylic acids is 1. The molecule has 2 fully saturated rings. The lowest BCUT2D eigenvalue weighted by Crippen LogP contribution is -2.68. The van der Waals surface area contributed by atoms with Gasteiger partial charge in [-0.25, -0.2) is 13.2 Å². The second-order valence-electron chi connectivity index (χ2n) is 7.30. The first-order valence-electron chi connectivity index (χ1n) is 9.38. The first-order valence-corrected chi connectivity index (χ1v) is 12.1. The van der Waals surface area contributed by atoms with Crippen molar-refractivity contribution in [1.82, 2.24) is 5.32 Å². The van der Waals surface area contributed by atoms with Gasteiger partial charge >= 0.3 is 26.8 Å². The Hall–Kier alpha value is -1.60. The number of amides is 1. The standard InChI is InChI=1S/C14H23NO18S2/c1-3(17)15-5-9(8(32-34(23,24)25)4(2-16)29-13(5)22)30-14-11(33-35(26,27)28)7(19)6(18)10(31-14)12(20)21/h4-11,13-14,16,18-19,22H,2H2,1H3,(H,15,17)(H,20,21)(H,23,24,25)(H,26,27,28)/t4-,5-,6+,7+,8+,9-,10-,11-,13?,14-/m1/s1. The smallest absolute Gasteiger partial charge is 0.397 e. The minimum atomic E-state index is -5.42. The van der Waals surface area contributed by atoms with Crippen molar-refractivity contribution < 1.29 is 83.6 Å². The van der Waals surface area contributed by atoms with E-state index in [1.165, 1.54) is 0 Å². The van der Waals surface area contributed by atoms with Crippen LogP contribution < -0.4 is 5.32 Å². The summed E-state index contributed by atoms with van der Waals surface area (Å²) in [7, 11) is -10.8. The lowest BCUT2D eigenvalue weighted by molar-refractivity contribution is -0.331. The molecule has 35 heavy (non-hydrogen) atoms. The van der Waals surface area contributed by atoms with Gasteiger partial charge in [0.25, 0.3) is 0 Å². The molecule has 0 aromatic rings. The Morgan fingerprint density at radius 3 is 1.91 bits per heavy atom. The third-order valence-corrected chi connectivity index (χ3v) is 5.69. The molecule has 0 aliphatic carbocycles. The topological polar surface area (TPSA) is 302 Å². The van der Waals surface area contributed by atoms with Crippen LogP contribution in [0.2, 0.25) is 0 Å². The predicted molar refractivity (Wildman–Crippen MR) is 102 cm³/mol. The van der Waals surface area contributed by atoms with Crippen LogP contribution in [0.5, 0.6) is 0 Å². The van der Waals surface area contributed by atoms with Crippen LogP contribution >= 0.6 is 0 Å². The highest BCUT2D eigenvalue weighted by Gasteiger charge is 2.55. The van der Waals surface area contributed by atoms with Gasteiger partial charge in [0.05, 0.1) is 6.61 Å². The number of carbonyl (C=O) groups is 2. The normalized spacial score (nSPS) is 38.6. The van der Waals surface area contributed by atoms with Crippen LogP contribution in [0, 0.1) is 0 Å². The molecule has 0 aromatic carbocycles. The second-order valence-corrected chi connectivity index (χ2v) is 9.39. The van der Waals surface area contributed by atoms with Crippen LogP contribution in [0.4, 0.5) is 0 Å². The number of aliphatic hydroxyl groups is 4. The number of ether oxygens (including phenoxy) is 3. The second kappa shape index (κ2) is 11.2. The van der Waals surface area contributed by atoms with Gasteiger partial charge < -0.3 is 45.1 Å². The molecule has 0 aromatic heterocycles. The monoisotopic (exact) mass is 557 g/mol. The summed E-state index contributed by atoms with van der Waals surface area (Å²) in [4.78, 5) is 23.0. The Balaban J connectivity index is 2.55. The Bertz CT molecular complexity index is 985. The van der Waals surface area contributed by atoms with Gasteiger partial charge in [-0.2, -0.15) is 16.8 Å². The Morgan fingerprint density at radius 1 is 0.914 bits per heavy atom. The van der Waals surface area contributed by atoms with E-state index in [0.29, 0.717) is 0 Å². The zero-order valence-corrected chi connectivity index (χ0v) is 19.1. The summed E-state index contributed by atoms with van der Waals surface area (Å²) < 4.78 is 87.2. The quantitative estimate of drug-likeness (QED) is 0.123. The summed E-state index contributed by atoms with van der Waals surface area (Å²) in [6.07, 6.45) is -19.9. The summed E-state index contributed by atoms with van der Waals surface area (Å²) in [5, 5.41) is 51.2. The summed E-state index contributed by atoms with van der Waals surface area (Å²) in [6.45, 7) is -0.151. The van der Waals surface area contributed by atoms with E-state index in [1.54, 1.807) is 0 Å². The molecule has 21 heteroatoms. The van der Waals surface area contributed by atoms with E-state index in [0.717, 1.165) is 6.92 Å². The minimum absolute atomic E-state index is 0.881. The third-order valence-electron chi connectivity index (χ3n) is 4.76. The molecule has 2 aliphatic heterocycles. The van der Waals surface area contributed by atoms with Crippen molar-refractivity contribution in [3.05, 3.63) is 0 Å². The summed E-state index contributed by atoms with van der Waals surface area (Å²) >= 11 is 0. The molecule has 0 spiro atoms. The molecule has 1 amide bonds. The number of rotatable bonds is 9. The van der Waals surface area contributed by atoms with Crippen LogP contribution in [0.1, 0.15) is 6.92 Å². The molecule has 2 saturated heterocycles. The molecular weight excluding hydrogens is 534 g/mol. The van der Waals surface area contributed by atoms with Gasteiger partial charge in [0, 0.05) is 6.92 Å². The summed E-state index contributed by atoms with van der Waals surface area (Å²) in [6, 6.07) is -1.82. The van der Waals surface area contributed by atoms with E-state index in [4.69, 9.17) is 23.3 Å². The minimum Gasteiger partial charge on any atom is -0.479 e. The van der Waals surface area contributed by atoms with E-state index < -0.39 is 101 Å². The van der Waals surface area contributed by atoms with Crippen LogP contribution in [0.3, 0.4) is 0 Å². The molecule has 1 unspecified atom stereocenters. The van der Waals surface area contributed by atoms with E-state index >= 15 is 0 Å². The highest BCUT2D eigenvalue weighted by molar-refractivity contribution is 7.81. The van der Waals surface area contributed by atoms with Crippen molar-refractivity contribution in [2.24, 2.45) is 0 Å². The number of aliphatic hydroxyl groups excluding tert-OH is 4. The van der Waals surface area contributed by atoms with Gasteiger partial charge in [-0.05, 0) is 0 Å². The van der Waals surface area contributed by atoms with Crippen molar-refractivity contribution in [2.75, 3.05) is 6.61 Å². The van der Waals surface area contributed by atoms with Gasteiger partial charge in [0.2, 0.25) is 5.91 Å². The third kappa shape index (κ3) is 7.69. The molecule has 8 N–H and O–H groups in total. The highest BCUT2D eigenvalue weighted by atomic mass is 32.3. The van der Waals surface area contributed by atoms with Gasteiger partial charge in [-0.3, -0.25) is 13.9 Å². The van der Waals surface area contributed by atoms with Gasteiger partial charge in [-0.15, -0.1) is 0 Å². The van der Waals surface area contributed by atoms with Crippen LogP contribution in [-0.4, -0.2) is 131 Å². The Labute approximate surface area is 197 Å². The van der Waals surface area contributed by atoms with E-state index in [2.05, 4.69) is 13.7 Å². The lowest BCUT2D eigenvalue weighted by atomic mass is 9.95. The van der Waals surface area contributed by atoms with Crippen LogP contribution in [0.25, 0.3) is 0 Å². The fourth-order valence-corrected chi connectivity index (χ4v) is 4.42. The van der Waals surface area contributed by atoms with Crippen molar-refractivity contribution in [3.8, 4) is 0 Å². The van der Waals surface area contributed by atoms with Crippen LogP contribution in [-0.2, 0) is 53.0 Å². The van der Waals surface area contributed by atoms with Crippen LogP contribution in [0.15, 0.2) is 0 Å². The number of hydrogen-bond acceptors (Lipinski definition) is 15. The van der Waals surface area contributed by atoms with Gasteiger partial charge in [0.15, 0.2) is 24.8 Å². The molecule has 204 valence electrons. The molecule has 2 heterocycles. The number of aliphatic carboxylic acids is 1. The zero-order valence-electron chi connectivity index (χ0n) is 17.4. The summed E-state index contributed by atoms with van der Waals surface area (Å²) in [5.41, 5.74) is 0. The number of hydrogen-bond donors (Lipinski definition) is 8. The maximum Gasteiger partial charge on any atom is 0.397 e. The van der Waals surface area contributed by atoms with Crippen molar-refractivity contribution >= 4 is 32.7 Å². The molecule has 2 aliphatic rings. The fraction of sp³-hybridized carbons (Fsp3) is 0.857. The average Bonchev–Trinajstić information content (AvgIpc) is 2.69. The average molecular weight is 557 g/mol. The largest absolute Gasteiger partial charge is 0.479 e. The highest BCUT2D eigenvalue weighted by Crippen LogP contribution is 2.32. The van der Waals surface area contributed by atoms with Crippen molar-refractivity contribution in [3.63, 3.8) is 0 Å². The van der Waals surface area contributed by atoms with E-state index in [-0.39, 0.29) is 0 Å². The van der Waals surface area contributed by atoms with Crippen molar-refractivity contribution in [1.29, 1.82) is 0 Å². The summed E-state index contributed by atoms with van der Waals surface area (Å²) in [5.74, 6) is -2.77. The molecule has 0 saturated carbocycles. The fourth-order valence-electron chi connectivity index (χ4n) is 3.42. The lowest BCUT2D eigenvalue weighted by Gasteiger charge is -2.47. The molecule has 2 rings (SSSR count). The Kier molecular flexibility index (Phi) is 9.48. The predicted octanol–water partition coefficient (Wildman–Crippen LogP) is -5.51. The zero-order chi connectivity index (χ0) is 26.9. The van der Waals surface area contributed by atoms with E-state index in [1.807, 2.05) is 0 Å². The van der Waals surface area contributed by atoms with E-state index in [9.17, 15) is 52.0 Å². The van der Waals surface area contributed by atoms with Gasteiger partial charge in [-0.1, -0.05) is 0 Å². The number of nitrogens with one attached hydrogen (secondary N) is 1. The first-order chi connectivity index (χ1) is 15.9.